The Labute approximate surface area is 376 Å². The van der Waals surface area contributed by atoms with E-state index < -0.39 is 58.7 Å². The number of hydrogen-bond acceptors (Lipinski definition) is 17. The fraction of sp³-hybridized carbons (Fsp3) is 0.532. The van der Waals surface area contributed by atoms with Gasteiger partial charge in [0, 0.05) is 53.1 Å². The second-order valence-electron chi connectivity index (χ2n) is 18.3. The number of nitriles is 1. The molecule has 2 saturated heterocycles. The minimum atomic E-state index is -1.45. The highest BCUT2D eigenvalue weighted by Crippen LogP contribution is 2.64. The van der Waals surface area contributed by atoms with E-state index in [0.717, 1.165) is 16.7 Å². The normalized spacial score (nSPS) is 26.7. The van der Waals surface area contributed by atoms with Crippen LogP contribution in [0.5, 0.6) is 40.2 Å². The third-order valence-electron chi connectivity index (χ3n) is 13.4. The van der Waals surface area contributed by atoms with Gasteiger partial charge >= 0.3 is 18.1 Å². The number of esters is 2. The molecule has 7 atom stereocenters. The monoisotopic (exact) mass is 898 g/mol. The summed E-state index contributed by atoms with van der Waals surface area (Å²) in [4.78, 5) is 46.0. The largest absolute Gasteiger partial charge is 0.514 e. The Morgan fingerprint density at radius 3 is 2.48 bits per heavy atom. The summed E-state index contributed by atoms with van der Waals surface area (Å²) in [6.07, 6.45) is 0.800. The molecule has 0 radical (unpaired) electrons. The number of aromatic hydroxyl groups is 1. The van der Waals surface area contributed by atoms with E-state index in [1.54, 1.807) is 32.9 Å². The van der Waals surface area contributed by atoms with Crippen molar-refractivity contribution < 1.29 is 57.4 Å². The number of nitrogens with one attached hydrogen (secondary N) is 1. The Kier molecular flexibility index (Phi) is 11.1. The summed E-state index contributed by atoms with van der Waals surface area (Å²) >= 11 is 1.47. The van der Waals surface area contributed by atoms with Crippen molar-refractivity contribution in [2.24, 2.45) is 0 Å². The lowest BCUT2D eigenvalue weighted by Gasteiger charge is -2.62. The lowest BCUT2D eigenvalue weighted by atomic mass is 9.71. The van der Waals surface area contributed by atoms with Gasteiger partial charge in [-0.3, -0.25) is 19.9 Å². The van der Waals surface area contributed by atoms with Crippen LogP contribution in [0.2, 0.25) is 0 Å². The average Bonchev–Trinajstić information content (AvgIpc) is 3.73. The first kappa shape index (κ1) is 43.8. The van der Waals surface area contributed by atoms with Gasteiger partial charge in [-0.15, -0.1) is 11.8 Å². The summed E-state index contributed by atoms with van der Waals surface area (Å²) < 4.78 is 48.1. The molecule has 16 nitrogen and oxygen atoms in total. The highest BCUT2D eigenvalue weighted by molar-refractivity contribution is 7.99. The molecule has 17 heteroatoms. The molecule has 1 spiro atoms. The molecule has 0 saturated carbocycles. The van der Waals surface area contributed by atoms with Crippen LogP contribution >= 0.6 is 11.8 Å². The van der Waals surface area contributed by atoms with Crippen molar-refractivity contribution >= 4 is 29.9 Å². The molecule has 2 N–H and O–H groups in total. The molecule has 1 unspecified atom stereocenters. The molecule has 7 aliphatic heterocycles. The number of thioether (sulfide) groups is 1. The number of carbonyl (C=O) groups excluding carboxylic acids is 3. The molecule has 0 amide bonds. The first-order chi connectivity index (χ1) is 30.6. The maximum atomic E-state index is 15.1. The summed E-state index contributed by atoms with van der Waals surface area (Å²) in [5.74, 6) is 1.10. The van der Waals surface area contributed by atoms with Crippen LogP contribution in [0.4, 0.5) is 4.79 Å². The molecule has 7 aliphatic rings. The van der Waals surface area contributed by atoms with Gasteiger partial charge in [-0.05, 0) is 95.3 Å². The van der Waals surface area contributed by atoms with Gasteiger partial charge in [-0.25, -0.2) is 9.59 Å². The van der Waals surface area contributed by atoms with Gasteiger partial charge in [0.2, 0.25) is 6.79 Å². The lowest BCUT2D eigenvalue weighted by Crippen LogP contribution is -2.69. The van der Waals surface area contributed by atoms with Gasteiger partial charge < -0.3 is 43.0 Å². The van der Waals surface area contributed by atoms with E-state index in [2.05, 4.69) is 21.2 Å². The highest BCUT2D eigenvalue weighted by Gasteiger charge is 2.62. The van der Waals surface area contributed by atoms with Crippen LogP contribution in [0.25, 0.3) is 0 Å². The predicted molar refractivity (Wildman–Crippen MR) is 232 cm³/mol. The van der Waals surface area contributed by atoms with Crippen LogP contribution < -0.4 is 33.7 Å². The smallest absolute Gasteiger partial charge is 0.504 e. The maximum absolute atomic E-state index is 15.1. The number of hydrogen-bond donors (Lipinski definition) is 2. The van der Waals surface area contributed by atoms with Gasteiger partial charge in [-0.1, -0.05) is 13.0 Å². The molecule has 0 aromatic heterocycles. The third kappa shape index (κ3) is 6.78. The Morgan fingerprint density at radius 1 is 1.02 bits per heavy atom. The molecular weight excluding hydrogens is 845 g/mol. The van der Waals surface area contributed by atoms with Crippen molar-refractivity contribution in [3.8, 4) is 46.3 Å². The van der Waals surface area contributed by atoms with E-state index >= 15 is 4.79 Å². The van der Waals surface area contributed by atoms with E-state index in [9.17, 15) is 20.0 Å². The summed E-state index contributed by atoms with van der Waals surface area (Å²) in [5.41, 5.74) is 3.36. The van der Waals surface area contributed by atoms with Gasteiger partial charge in [0.05, 0.1) is 37.6 Å². The Bertz CT molecular complexity index is 2500. The van der Waals surface area contributed by atoms with Gasteiger partial charge in [0.25, 0.3) is 0 Å². The third-order valence-corrected chi connectivity index (χ3v) is 14.9. The second-order valence-corrected chi connectivity index (χ2v) is 19.4. The zero-order valence-corrected chi connectivity index (χ0v) is 38.4. The van der Waals surface area contributed by atoms with Crippen molar-refractivity contribution in [2.45, 2.75) is 114 Å². The van der Waals surface area contributed by atoms with E-state index in [1.165, 1.54) is 26.0 Å². The topological polar surface area (TPSA) is 188 Å². The predicted octanol–water partition coefficient (Wildman–Crippen LogP) is 6.38. The molecule has 2 fully saturated rings. The molecule has 10 rings (SSSR count). The maximum Gasteiger partial charge on any atom is 0.514 e. The zero-order valence-electron chi connectivity index (χ0n) is 37.5. The van der Waals surface area contributed by atoms with Crippen molar-refractivity contribution in [2.75, 3.05) is 47.0 Å². The SMILES string of the molecule is CCCC(=O)Oc1c(C)c2c(c3c1[C@H]1SC[C@]4(NCCc5cc(OC(=O)OC(C)(C)C)c(OC)cc54)C(=O)OC[C@@H]3N3C1[C@H]1c4c(cc(C)c(OC)c4O)C[C@@H]([C@@H]3C#N)N1C)OCO2. The van der Waals surface area contributed by atoms with Crippen LogP contribution in [0, 0.1) is 25.2 Å². The molecule has 64 heavy (non-hydrogen) atoms. The Hall–Kier alpha value is -5.41. The first-order valence-electron chi connectivity index (χ1n) is 21.7. The second kappa shape index (κ2) is 16.2. The number of nitrogens with zero attached hydrogens (tertiary/aromatic N) is 3. The van der Waals surface area contributed by atoms with Gasteiger partial charge in [-0.2, -0.15) is 5.26 Å². The van der Waals surface area contributed by atoms with E-state index in [-0.39, 0.29) is 48.9 Å². The van der Waals surface area contributed by atoms with Crippen LogP contribution in [-0.2, 0) is 37.4 Å². The number of ether oxygens (including phenoxy) is 8. The van der Waals surface area contributed by atoms with Crippen molar-refractivity contribution in [3.63, 3.8) is 0 Å². The van der Waals surface area contributed by atoms with Crippen LogP contribution in [0.1, 0.15) is 102 Å². The summed E-state index contributed by atoms with van der Waals surface area (Å²) in [7, 11) is 4.98. The van der Waals surface area contributed by atoms with Gasteiger partial charge in [0.1, 0.15) is 24.0 Å². The molecule has 7 heterocycles. The van der Waals surface area contributed by atoms with E-state index in [0.29, 0.717) is 76.6 Å². The molecule has 3 aromatic carbocycles. The number of carbonyl (C=O) groups is 3. The number of rotatable bonds is 6. The van der Waals surface area contributed by atoms with Crippen molar-refractivity contribution in [3.05, 3.63) is 62.7 Å². The standard InChI is InChI=1S/C47H54N4O12S/c1-10-11-32(52)62-40-23(3)41-42(60-21-59-41)34-29-19-58-44(54)47(26-17-30(56-8)31(16-24(26)12-13-49-47)61-45(55)63-46(4,5)6)20-64-43(35(34)40)37-36-33-25(14-22(2)39(57-9)38(33)53)15-27(50(36)7)28(18-48)51(29)37/h14,16-17,27-29,36-37,43,49,53H,10-13,15,19-21H2,1-9H3/t27-,28-,29-,36+,37?,43+,47+/m0/s1. The Balaban J connectivity index is 1.27. The zero-order chi connectivity index (χ0) is 45.6. The number of likely N-dealkylation sites (N-methyl/N-ethyl adjacent to an activating group) is 1. The van der Waals surface area contributed by atoms with E-state index in [1.807, 2.05) is 33.9 Å². The average molecular weight is 899 g/mol. The fourth-order valence-corrected chi connectivity index (χ4v) is 12.5. The lowest BCUT2D eigenvalue weighted by molar-refractivity contribution is -0.157. The number of phenols is 1. The minimum absolute atomic E-state index is 0.0279. The Morgan fingerprint density at radius 2 is 1.78 bits per heavy atom. The fourth-order valence-electron chi connectivity index (χ4n) is 10.8. The number of benzene rings is 3. The molecule has 340 valence electrons. The van der Waals surface area contributed by atoms with Crippen LogP contribution in [-0.4, -0.2) is 104 Å². The molecule has 4 bridgehead atoms. The highest BCUT2D eigenvalue weighted by atomic mass is 32.2. The van der Waals surface area contributed by atoms with E-state index in [4.69, 9.17) is 37.9 Å². The number of piperazine rings is 1. The molecule has 3 aromatic rings. The number of aryl methyl sites for hydroxylation is 1. The minimum Gasteiger partial charge on any atom is -0.504 e. The molecule has 0 aliphatic carbocycles. The van der Waals surface area contributed by atoms with Crippen LogP contribution in [0.3, 0.4) is 0 Å². The first-order valence-corrected chi connectivity index (χ1v) is 22.7. The van der Waals surface area contributed by atoms with Crippen molar-refractivity contribution in [1.29, 1.82) is 5.26 Å². The molecular formula is C47H54N4O12S. The number of phenolic OH excluding ortho intramolecular Hbond substituents is 1. The number of methoxy groups -OCH3 is 2. The summed E-state index contributed by atoms with van der Waals surface area (Å²) in [6.45, 7) is 11.0. The summed E-state index contributed by atoms with van der Waals surface area (Å²) in [5, 5.41) is 26.4. The number of fused-ring (bicyclic) bond motifs is 9. The van der Waals surface area contributed by atoms with Crippen molar-refractivity contribution in [1.82, 2.24) is 15.1 Å². The quantitative estimate of drug-likeness (QED) is 0.158. The summed E-state index contributed by atoms with van der Waals surface area (Å²) in [6, 6.07) is 5.19. The van der Waals surface area contributed by atoms with Gasteiger partial charge in [0.15, 0.2) is 40.0 Å². The van der Waals surface area contributed by atoms with Crippen LogP contribution in [0.15, 0.2) is 18.2 Å².